The number of benzene rings is 1. The minimum Gasteiger partial charge on any atom is -0.508 e. The lowest BCUT2D eigenvalue weighted by molar-refractivity contribution is -0.117. The summed E-state index contributed by atoms with van der Waals surface area (Å²) in [5.41, 5.74) is 9.40. The third-order valence-electron chi connectivity index (χ3n) is 5.32. The maximum Gasteiger partial charge on any atom is 0.251 e. The van der Waals surface area contributed by atoms with Gasteiger partial charge in [-0.15, -0.1) is 11.3 Å². The second kappa shape index (κ2) is 7.77. The number of carbonyl (C=O) groups excluding carboxylic acids is 2. The molecular formula is C21H23N3O3S. The maximum absolute atomic E-state index is 12.5. The van der Waals surface area contributed by atoms with Crippen LogP contribution in [0.5, 0.6) is 5.75 Å². The number of anilines is 1. The molecule has 2 heterocycles. The molecule has 2 aliphatic rings. The summed E-state index contributed by atoms with van der Waals surface area (Å²) in [7, 11) is 0. The Morgan fingerprint density at radius 3 is 2.64 bits per heavy atom. The van der Waals surface area contributed by atoms with Crippen molar-refractivity contribution < 1.29 is 14.7 Å². The number of nitrogens with zero attached hydrogens (tertiary/aromatic N) is 1. The summed E-state index contributed by atoms with van der Waals surface area (Å²) in [6.45, 7) is 1.75. The largest absolute Gasteiger partial charge is 0.508 e. The number of primary amides is 1. The zero-order valence-corrected chi connectivity index (χ0v) is 16.3. The molecule has 0 unspecified atom stereocenters. The van der Waals surface area contributed by atoms with Crippen LogP contribution in [0.1, 0.15) is 39.2 Å². The van der Waals surface area contributed by atoms with Gasteiger partial charge in [0, 0.05) is 18.0 Å². The lowest BCUT2D eigenvalue weighted by atomic mass is 9.99. The monoisotopic (exact) mass is 397 g/mol. The summed E-state index contributed by atoms with van der Waals surface area (Å²) in [5.74, 6) is -0.327. The lowest BCUT2D eigenvalue weighted by Gasteiger charge is -2.25. The van der Waals surface area contributed by atoms with Crippen molar-refractivity contribution in [2.45, 2.75) is 25.7 Å². The van der Waals surface area contributed by atoms with E-state index in [9.17, 15) is 14.7 Å². The number of thiophene rings is 1. The molecule has 2 amide bonds. The van der Waals surface area contributed by atoms with Gasteiger partial charge in [0.15, 0.2) is 0 Å². The molecule has 0 saturated carbocycles. The van der Waals surface area contributed by atoms with Crippen molar-refractivity contribution in [2.24, 2.45) is 5.73 Å². The molecule has 7 heteroatoms. The first-order chi connectivity index (χ1) is 13.5. The van der Waals surface area contributed by atoms with E-state index in [1.165, 1.54) is 21.8 Å². The van der Waals surface area contributed by atoms with E-state index < -0.39 is 5.91 Å². The predicted octanol–water partition coefficient (Wildman–Crippen LogP) is 2.77. The zero-order valence-electron chi connectivity index (χ0n) is 15.5. The molecule has 4 N–H and O–H groups in total. The van der Waals surface area contributed by atoms with Crippen LogP contribution in [0.2, 0.25) is 0 Å². The van der Waals surface area contributed by atoms with Gasteiger partial charge in [-0.1, -0.05) is 18.2 Å². The Morgan fingerprint density at radius 1 is 1.18 bits per heavy atom. The number of rotatable bonds is 5. The number of aryl methyl sites for hydroxylation is 1. The standard InChI is InChI=1S/C21H23N3O3S/c22-20(27)19-16-2-1-3-17(16)28-21(19)23-18(26)12-24-10-8-14(9-11-24)13-4-6-15(25)7-5-13/h4-8,25H,1-3,9-12H2,(H2,22,27)(H,23,26). The van der Waals surface area contributed by atoms with Crippen LogP contribution >= 0.6 is 11.3 Å². The Morgan fingerprint density at radius 2 is 1.96 bits per heavy atom. The molecule has 0 atom stereocenters. The van der Waals surface area contributed by atoms with Crippen molar-refractivity contribution in [3.8, 4) is 5.75 Å². The van der Waals surface area contributed by atoms with Gasteiger partial charge in [-0.2, -0.15) is 0 Å². The molecular weight excluding hydrogens is 374 g/mol. The molecule has 1 aliphatic heterocycles. The number of nitrogens with one attached hydrogen (secondary N) is 1. The van der Waals surface area contributed by atoms with E-state index in [0.717, 1.165) is 43.4 Å². The van der Waals surface area contributed by atoms with Gasteiger partial charge in [0.2, 0.25) is 5.91 Å². The zero-order chi connectivity index (χ0) is 19.7. The minimum absolute atomic E-state index is 0.121. The average molecular weight is 398 g/mol. The number of carbonyl (C=O) groups is 2. The van der Waals surface area contributed by atoms with Crippen molar-refractivity contribution in [2.75, 3.05) is 25.0 Å². The van der Waals surface area contributed by atoms with Crippen LogP contribution in [-0.2, 0) is 17.6 Å². The van der Waals surface area contributed by atoms with Crippen molar-refractivity contribution >= 4 is 33.7 Å². The van der Waals surface area contributed by atoms with E-state index in [2.05, 4.69) is 16.3 Å². The smallest absolute Gasteiger partial charge is 0.251 e. The van der Waals surface area contributed by atoms with E-state index in [1.807, 2.05) is 12.1 Å². The van der Waals surface area contributed by atoms with Gasteiger partial charge in [0.1, 0.15) is 10.8 Å². The highest BCUT2D eigenvalue weighted by atomic mass is 32.1. The Bertz CT molecular complexity index is 947. The first kappa shape index (κ1) is 18.7. The number of phenols is 1. The molecule has 6 nitrogen and oxygen atoms in total. The van der Waals surface area contributed by atoms with Gasteiger partial charge >= 0.3 is 0 Å². The van der Waals surface area contributed by atoms with Gasteiger partial charge in [-0.05, 0) is 54.5 Å². The molecule has 146 valence electrons. The molecule has 0 fully saturated rings. The number of fused-ring (bicyclic) bond motifs is 1. The van der Waals surface area contributed by atoms with Crippen molar-refractivity contribution in [1.82, 2.24) is 4.90 Å². The topological polar surface area (TPSA) is 95.7 Å². The van der Waals surface area contributed by atoms with Crippen molar-refractivity contribution in [3.05, 3.63) is 51.9 Å². The summed E-state index contributed by atoms with van der Waals surface area (Å²) < 4.78 is 0. The van der Waals surface area contributed by atoms with E-state index in [4.69, 9.17) is 5.73 Å². The van der Waals surface area contributed by atoms with Crippen molar-refractivity contribution in [1.29, 1.82) is 0 Å². The number of hydrogen-bond donors (Lipinski definition) is 3. The van der Waals surface area contributed by atoms with Gasteiger partial charge in [0.05, 0.1) is 12.1 Å². The summed E-state index contributed by atoms with van der Waals surface area (Å²) in [5, 5.41) is 12.9. The maximum atomic E-state index is 12.5. The first-order valence-corrected chi connectivity index (χ1v) is 10.3. The Balaban J connectivity index is 1.38. The fourth-order valence-electron chi connectivity index (χ4n) is 3.91. The Kier molecular flexibility index (Phi) is 5.19. The van der Waals surface area contributed by atoms with Gasteiger partial charge in [-0.3, -0.25) is 14.5 Å². The van der Waals surface area contributed by atoms with Crippen LogP contribution in [0.15, 0.2) is 30.3 Å². The molecule has 1 aromatic carbocycles. The van der Waals surface area contributed by atoms with Crippen LogP contribution in [0, 0.1) is 0 Å². The molecule has 2 aromatic rings. The van der Waals surface area contributed by atoms with Gasteiger partial charge < -0.3 is 16.2 Å². The number of aromatic hydroxyl groups is 1. The third-order valence-corrected chi connectivity index (χ3v) is 6.53. The van der Waals surface area contributed by atoms with Crippen LogP contribution in [-0.4, -0.2) is 41.5 Å². The molecule has 0 spiro atoms. The van der Waals surface area contributed by atoms with Gasteiger partial charge in [-0.25, -0.2) is 0 Å². The number of amides is 2. The lowest BCUT2D eigenvalue weighted by Crippen LogP contribution is -2.36. The van der Waals surface area contributed by atoms with Gasteiger partial charge in [0.25, 0.3) is 5.91 Å². The fourth-order valence-corrected chi connectivity index (χ4v) is 5.23. The SMILES string of the molecule is NC(=O)c1c(NC(=O)CN2CC=C(c3ccc(O)cc3)CC2)sc2c1CCC2. The van der Waals surface area contributed by atoms with E-state index in [-0.39, 0.29) is 18.2 Å². The fraction of sp³-hybridized carbons (Fsp3) is 0.333. The second-order valence-electron chi connectivity index (χ2n) is 7.24. The molecule has 28 heavy (non-hydrogen) atoms. The van der Waals surface area contributed by atoms with Crippen LogP contribution < -0.4 is 11.1 Å². The van der Waals surface area contributed by atoms with E-state index in [0.29, 0.717) is 17.1 Å². The molecule has 0 radical (unpaired) electrons. The minimum atomic E-state index is -0.464. The predicted molar refractivity (Wildman–Crippen MR) is 111 cm³/mol. The van der Waals surface area contributed by atoms with E-state index in [1.54, 1.807) is 12.1 Å². The second-order valence-corrected chi connectivity index (χ2v) is 8.34. The summed E-state index contributed by atoms with van der Waals surface area (Å²) >= 11 is 1.48. The first-order valence-electron chi connectivity index (χ1n) is 9.46. The van der Waals surface area contributed by atoms with Crippen LogP contribution in [0.3, 0.4) is 0 Å². The Hall–Kier alpha value is -2.64. The number of nitrogens with two attached hydrogens (primary N) is 1. The van der Waals surface area contributed by atoms with E-state index >= 15 is 0 Å². The third kappa shape index (κ3) is 3.81. The molecule has 4 rings (SSSR count). The summed E-state index contributed by atoms with van der Waals surface area (Å²) in [6.07, 6.45) is 5.82. The molecule has 1 aromatic heterocycles. The van der Waals surface area contributed by atoms with Crippen molar-refractivity contribution in [3.63, 3.8) is 0 Å². The number of hydrogen-bond acceptors (Lipinski definition) is 5. The Labute approximate surface area is 167 Å². The molecule has 0 saturated heterocycles. The highest BCUT2D eigenvalue weighted by Crippen LogP contribution is 2.38. The number of phenolic OH excluding ortho intramolecular Hbond substituents is 1. The van der Waals surface area contributed by atoms with Crippen LogP contribution in [0.25, 0.3) is 5.57 Å². The molecule has 0 bridgehead atoms. The van der Waals surface area contributed by atoms with Crippen LogP contribution in [0.4, 0.5) is 5.00 Å². The normalized spacial score (nSPS) is 16.5. The summed E-state index contributed by atoms with van der Waals surface area (Å²) in [6, 6.07) is 7.19. The highest BCUT2D eigenvalue weighted by Gasteiger charge is 2.26. The molecule has 1 aliphatic carbocycles. The quantitative estimate of drug-likeness (QED) is 0.723. The average Bonchev–Trinajstić information content (AvgIpc) is 3.23. The highest BCUT2D eigenvalue weighted by molar-refractivity contribution is 7.17. The summed E-state index contributed by atoms with van der Waals surface area (Å²) in [4.78, 5) is 27.6.